The molecule has 1 aromatic carbocycles. The Labute approximate surface area is 110 Å². The largest absolute Gasteiger partial charge is 0.338 e. The Kier molecular flexibility index (Phi) is 5.69. The van der Waals surface area contributed by atoms with Gasteiger partial charge in [0.2, 0.25) is 0 Å². The summed E-state index contributed by atoms with van der Waals surface area (Å²) in [7, 11) is 0. The second-order valence-electron chi connectivity index (χ2n) is 4.70. The highest BCUT2D eigenvalue weighted by Crippen LogP contribution is 2.19. The van der Waals surface area contributed by atoms with E-state index in [1.165, 1.54) is 16.7 Å². The molecule has 0 unspecified atom stereocenters. The Hall–Kier alpha value is -1.51. The summed E-state index contributed by atoms with van der Waals surface area (Å²) in [6.45, 7) is 9.04. The fourth-order valence-electron chi connectivity index (χ4n) is 1.85. The second kappa shape index (κ2) is 7.04. The van der Waals surface area contributed by atoms with Gasteiger partial charge in [-0.15, -0.1) is 0 Å². The van der Waals surface area contributed by atoms with Crippen LogP contribution < -0.4 is 10.6 Å². The molecule has 0 heterocycles. The third-order valence-electron chi connectivity index (χ3n) is 3.18. The normalized spacial score (nSPS) is 12.0. The first-order valence-electron chi connectivity index (χ1n) is 6.70. The molecule has 0 aliphatic heterocycles. The van der Waals surface area contributed by atoms with Gasteiger partial charge in [-0.3, -0.25) is 0 Å². The van der Waals surface area contributed by atoms with Crippen LogP contribution in [0.15, 0.2) is 18.2 Å². The smallest absolute Gasteiger partial charge is 0.315 e. The van der Waals surface area contributed by atoms with E-state index in [1.807, 2.05) is 6.92 Å². The molecule has 0 aromatic heterocycles. The highest BCUT2D eigenvalue weighted by molar-refractivity contribution is 5.74. The molecule has 100 valence electrons. The van der Waals surface area contributed by atoms with Gasteiger partial charge in [0.25, 0.3) is 0 Å². The number of carbonyl (C=O) groups is 1. The molecule has 18 heavy (non-hydrogen) atoms. The monoisotopic (exact) mass is 248 g/mol. The highest BCUT2D eigenvalue weighted by atomic mass is 16.2. The quantitative estimate of drug-likeness (QED) is 0.823. The molecule has 0 aliphatic rings. The lowest BCUT2D eigenvalue weighted by Gasteiger charge is -2.19. The number of amides is 2. The maximum atomic E-state index is 11.7. The van der Waals surface area contributed by atoms with Crippen molar-refractivity contribution in [3.63, 3.8) is 0 Å². The number of hydrogen-bond donors (Lipinski definition) is 2. The van der Waals surface area contributed by atoms with Crippen molar-refractivity contribution in [3.8, 4) is 0 Å². The van der Waals surface area contributed by atoms with Gasteiger partial charge >= 0.3 is 6.03 Å². The van der Waals surface area contributed by atoms with Gasteiger partial charge in [0, 0.05) is 6.54 Å². The van der Waals surface area contributed by atoms with Crippen LogP contribution >= 0.6 is 0 Å². The van der Waals surface area contributed by atoms with E-state index < -0.39 is 0 Å². The molecule has 3 nitrogen and oxygen atoms in total. The maximum absolute atomic E-state index is 11.7. The highest BCUT2D eigenvalue weighted by Gasteiger charge is 2.12. The van der Waals surface area contributed by atoms with Crippen molar-refractivity contribution < 1.29 is 4.79 Å². The lowest BCUT2D eigenvalue weighted by Crippen LogP contribution is -2.38. The van der Waals surface area contributed by atoms with Crippen molar-refractivity contribution >= 4 is 6.03 Å². The van der Waals surface area contributed by atoms with Crippen LogP contribution in [0.5, 0.6) is 0 Å². The van der Waals surface area contributed by atoms with E-state index in [4.69, 9.17) is 0 Å². The van der Waals surface area contributed by atoms with E-state index in [0.717, 1.165) is 19.4 Å². The van der Waals surface area contributed by atoms with Crippen molar-refractivity contribution in [2.45, 2.75) is 46.6 Å². The molecular formula is C15H24N2O. The van der Waals surface area contributed by atoms with Crippen LogP contribution in [-0.4, -0.2) is 12.6 Å². The summed E-state index contributed by atoms with van der Waals surface area (Å²) in [5.41, 5.74) is 3.72. The van der Waals surface area contributed by atoms with E-state index in [9.17, 15) is 4.79 Å². The van der Waals surface area contributed by atoms with Crippen LogP contribution in [0.3, 0.4) is 0 Å². The number of nitrogens with one attached hydrogen (secondary N) is 2. The molecule has 1 atom stereocenters. The fraction of sp³-hybridized carbons (Fsp3) is 0.533. The Morgan fingerprint density at radius 2 is 1.94 bits per heavy atom. The number of carbonyl (C=O) groups excluding carboxylic acids is 1. The van der Waals surface area contributed by atoms with Gasteiger partial charge in [0.05, 0.1) is 6.04 Å². The SMILES string of the molecule is CCCNC(=O)N[C@H](CC)c1ccc(C)c(C)c1. The molecule has 0 fully saturated rings. The van der Waals surface area contributed by atoms with E-state index >= 15 is 0 Å². The third kappa shape index (κ3) is 4.06. The minimum atomic E-state index is -0.0815. The Bertz CT molecular complexity index is 401. The average molecular weight is 248 g/mol. The molecule has 1 aromatic rings. The Morgan fingerprint density at radius 1 is 1.22 bits per heavy atom. The zero-order chi connectivity index (χ0) is 13.5. The number of aryl methyl sites for hydroxylation is 2. The van der Waals surface area contributed by atoms with Gasteiger partial charge in [-0.1, -0.05) is 32.0 Å². The first-order chi connectivity index (χ1) is 8.58. The van der Waals surface area contributed by atoms with E-state index in [-0.39, 0.29) is 12.1 Å². The van der Waals surface area contributed by atoms with Crippen LogP contribution in [-0.2, 0) is 0 Å². The fourth-order valence-corrected chi connectivity index (χ4v) is 1.85. The van der Waals surface area contributed by atoms with Crippen molar-refractivity contribution in [1.82, 2.24) is 10.6 Å². The minimum Gasteiger partial charge on any atom is -0.338 e. The van der Waals surface area contributed by atoms with Crippen LogP contribution in [0.4, 0.5) is 4.79 Å². The molecule has 0 spiro atoms. The van der Waals surface area contributed by atoms with Crippen molar-refractivity contribution in [2.75, 3.05) is 6.54 Å². The van der Waals surface area contributed by atoms with Crippen LogP contribution in [0.2, 0.25) is 0 Å². The average Bonchev–Trinajstić information content (AvgIpc) is 2.37. The molecule has 0 aliphatic carbocycles. The second-order valence-corrected chi connectivity index (χ2v) is 4.70. The first-order valence-corrected chi connectivity index (χ1v) is 6.70. The molecule has 0 saturated heterocycles. The topological polar surface area (TPSA) is 41.1 Å². The van der Waals surface area contributed by atoms with Gasteiger partial charge in [-0.2, -0.15) is 0 Å². The van der Waals surface area contributed by atoms with Crippen LogP contribution in [0.25, 0.3) is 0 Å². The summed E-state index contributed by atoms with van der Waals surface area (Å²) < 4.78 is 0. The van der Waals surface area contributed by atoms with Crippen LogP contribution in [0, 0.1) is 13.8 Å². The third-order valence-corrected chi connectivity index (χ3v) is 3.18. The summed E-state index contributed by atoms with van der Waals surface area (Å²) in [6.07, 6.45) is 1.84. The zero-order valence-electron chi connectivity index (χ0n) is 11.8. The maximum Gasteiger partial charge on any atom is 0.315 e. The first kappa shape index (κ1) is 14.6. The summed E-state index contributed by atoms with van der Waals surface area (Å²) in [5, 5.41) is 5.86. The number of rotatable bonds is 5. The molecule has 2 N–H and O–H groups in total. The summed E-state index contributed by atoms with van der Waals surface area (Å²) in [4.78, 5) is 11.7. The Balaban J connectivity index is 2.70. The lowest BCUT2D eigenvalue weighted by atomic mass is 9.99. The standard InChI is InChI=1S/C15H24N2O/c1-5-9-16-15(18)17-14(6-2)13-8-7-11(3)12(4)10-13/h7-8,10,14H,5-6,9H2,1-4H3,(H2,16,17,18)/t14-/m1/s1. The van der Waals surface area contributed by atoms with Crippen molar-refractivity contribution in [2.24, 2.45) is 0 Å². The predicted octanol–water partition coefficient (Wildman–Crippen LogP) is 3.46. The van der Waals surface area contributed by atoms with Gasteiger partial charge < -0.3 is 10.6 Å². The molecule has 0 bridgehead atoms. The van der Waals surface area contributed by atoms with E-state index in [1.54, 1.807) is 0 Å². The van der Waals surface area contributed by atoms with Gasteiger partial charge in [0.1, 0.15) is 0 Å². The molecular weight excluding hydrogens is 224 g/mol. The molecule has 0 saturated carbocycles. The minimum absolute atomic E-state index is 0.0815. The number of benzene rings is 1. The Morgan fingerprint density at radius 3 is 2.50 bits per heavy atom. The lowest BCUT2D eigenvalue weighted by molar-refractivity contribution is 0.236. The van der Waals surface area contributed by atoms with Gasteiger partial charge in [-0.25, -0.2) is 4.79 Å². The number of hydrogen-bond acceptors (Lipinski definition) is 1. The van der Waals surface area contributed by atoms with Crippen molar-refractivity contribution in [1.29, 1.82) is 0 Å². The van der Waals surface area contributed by atoms with Crippen LogP contribution in [0.1, 0.15) is 49.4 Å². The number of urea groups is 1. The van der Waals surface area contributed by atoms with Gasteiger partial charge in [-0.05, 0) is 43.4 Å². The molecule has 1 rings (SSSR count). The van der Waals surface area contributed by atoms with E-state index in [2.05, 4.69) is 49.6 Å². The summed E-state index contributed by atoms with van der Waals surface area (Å²) in [5.74, 6) is 0. The molecule has 3 heteroatoms. The predicted molar refractivity (Wildman–Crippen MR) is 75.8 cm³/mol. The zero-order valence-corrected chi connectivity index (χ0v) is 11.8. The summed E-state index contributed by atoms with van der Waals surface area (Å²) >= 11 is 0. The molecule has 2 amide bonds. The van der Waals surface area contributed by atoms with Crippen molar-refractivity contribution in [3.05, 3.63) is 34.9 Å². The van der Waals surface area contributed by atoms with Gasteiger partial charge in [0.15, 0.2) is 0 Å². The summed E-state index contributed by atoms with van der Waals surface area (Å²) in [6, 6.07) is 6.36. The van der Waals surface area contributed by atoms with E-state index in [0.29, 0.717) is 0 Å². The molecule has 0 radical (unpaired) electrons.